The number of quaternary nitrogens is 1. The summed E-state index contributed by atoms with van der Waals surface area (Å²) in [4.78, 5) is 0. The van der Waals surface area contributed by atoms with Gasteiger partial charge in [0.05, 0.1) is 20.6 Å². The molecule has 2 unspecified atom stereocenters. The van der Waals surface area contributed by atoms with E-state index < -0.39 is 5.60 Å². The summed E-state index contributed by atoms with van der Waals surface area (Å²) in [5.41, 5.74) is -0.526. The standard InChI is InChI=1S/C14H29N2O/c1-11-15-10-13(16(11,3)4)14(2,17)12-8-6-5-7-9-12/h11-13,15,17H,5-10H2,1-4H3/q+1/t11?,13?,14-/m0/s1. The smallest absolute Gasteiger partial charge is 0.140 e. The van der Waals surface area contributed by atoms with Crippen molar-refractivity contribution in [3.05, 3.63) is 0 Å². The summed E-state index contributed by atoms with van der Waals surface area (Å²) < 4.78 is 0.892. The molecule has 3 atom stereocenters. The maximum atomic E-state index is 11.0. The molecule has 0 aromatic carbocycles. The lowest BCUT2D eigenvalue weighted by Gasteiger charge is -2.46. The summed E-state index contributed by atoms with van der Waals surface area (Å²) in [6.45, 7) is 5.24. The predicted octanol–water partition coefficient (Wildman–Crippen LogP) is 1.71. The molecular formula is C14H29N2O+. The van der Waals surface area contributed by atoms with Crippen molar-refractivity contribution in [1.29, 1.82) is 0 Å². The Kier molecular flexibility index (Phi) is 3.54. The Labute approximate surface area is 106 Å². The fraction of sp³-hybridized carbons (Fsp3) is 1.00. The molecule has 1 saturated carbocycles. The van der Waals surface area contributed by atoms with Crippen LogP contribution in [0.15, 0.2) is 0 Å². The van der Waals surface area contributed by atoms with Gasteiger partial charge in [-0.05, 0) is 25.7 Å². The molecule has 2 N–H and O–H groups in total. The molecule has 3 nitrogen and oxygen atoms in total. The molecule has 0 bridgehead atoms. The fourth-order valence-electron chi connectivity index (χ4n) is 3.86. The van der Waals surface area contributed by atoms with E-state index in [0.717, 1.165) is 11.0 Å². The molecule has 0 radical (unpaired) electrons. The normalized spacial score (nSPS) is 37.9. The van der Waals surface area contributed by atoms with Crippen LogP contribution in [-0.4, -0.2) is 48.0 Å². The highest BCUT2D eigenvalue weighted by molar-refractivity contribution is 4.95. The maximum Gasteiger partial charge on any atom is 0.140 e. The minimum absolute atomic E-state index is 0.320. The summed E-state index contributed by atoms with van der Waals surface area (Å²) in [6.07, 6.45) is 6.79. The van der Waals surface area contributed by atoms with Crippen LogP contribution in [0, 0.1) is 5.92 Å². The Hall–Kier alpha value is -0.120. The first-order valence-electron chi connectivity index (χ1n) is 7.16. The highest BCUT2D eigenvalue weighted by Gasteiger charge is 2.53. The molecular weight excluding hydrogens is 212 g/mol. The third-order valence-corrected chi connectivity index (χ3v) is 5.51. The van der Waals surface area contributed by atoms with Crippen LogP contribution in [0.3, 0.4) is 0 Å². The van der Waals surface area contributed by atoms with Crippen molar-refractivity contribution in [2.24, 2.45) is 5.92 Å². The Balaban J connectivity index is 2.14. The van der Waals surface area contributed by atoms with Gasteiger partial charge in [0.25, 0.3) is 0 Å². The van der Waals surface area contributed by atoms with Crippen LogP contribution in [0.25, 0.3) is 0 Å². The van der Waals surface area contributed by atoms with E-state index in [4.69, 9.17) is 0 Å². The topological polar surface area (TPSA) is 32.3 Å². The minimum atomic E-state index is -0.526. The third kappa shape index (κ3) is 2.25. The van der Waals surface area contributed by atoms with Gasteiger partial charge in [-0.3, -0.25) is 5.32 Å². The maximum absolute atomic E-state index is 11.0. The molecule has 1 aliphatic carbocycles. The van der Waals surface area contributed by atoms with Gasteiger partial charge in [-0.15, -0.1) is 0 Å². The first-order chi connectivity index (χ1) is 7.87. The van der Waals surface area contributed by atoms with Crippen molar-refractivity contribution in [1.82, 2.24) is 5.32 Å². The van der Waals surface area contributed by atoms with E-state index >= 15 is 0 Å². The zero-order valence-electron chi connectivity index (χ0n) is 11.9. The molecule has 2 rings (SSSR count). The zero-order valence-corrected chi connectivity index (χ0v) is 11.9. The van der Waals surface area contributed by atoms with Gasteiger partial charge in [0.1, 0.15) is 17.8 Å². The van der Waals surface area contributed by atoms with Crippen molar-refractivity contribution in [3.8, 4) is 0 Å². The molecule has 2 aliphatic rings. The quantitative estimate of drug-likeness (QED) is 0.721. The molecule has 3 heteroatoms. The Bertz CT molecular complexity index is 269. The number of likely N-dealkylation sites (N-methyl/N-ethyl adjacent to an activating group) is 1. The average Bonchev–Trinajstić information content (AvgIpc) is 2.55. The van der Waals surface area contributed by atoms with Crippen LogP contribution in [-0.2, 0) is 0 Å². The van der Waals surface area contributed by atoms with Gasteiger partial charge in [-0.2, -0.15) is 0 Å². The summed E-state index contributed by atoms with van der Waals surface area (Å²) in [5.74, 6) is 0.491. The van der Waals surface area contributed by atoms with Crippen LogP contribution < -0.4 is 5.32 Å². The molecule has 17 heavy (non-hydrogen) atoms. The number of nitrogens with one attached hydrogen (secondary N) is 1. The van der Waals surface area contributed by atoms with Crippen LogP contribution in [0.2, 0.25) is 0 Å². The zero-order chi connectivity index (χ0) is 12.7. The molecule has 1 aliphatic heterocycles. The van der Waals surface area contributed by atoms with Crippen molar-refractivity contribution in [2.75, 3.05) is 20.6 Å². The molecule has 0 spiro atoms. The lowest BCUT2D eigenvalue weighted by Crippen LogP contribution is -2.62. The van der Waals surface area contributed by atoms with Gasteiger partial charge in [0.15, 0.2) is 0 Å². The Morgan fingerprint density at radius 3 is 2.24 bits per heavy atom. The summed E-state index contributed by atoms with van der Waals surface area (Å²) >= 11 is 0. The van der Waals surface area contributed by atoms with Gasteiger partial charge in [-0.25, -0.2) is 0 Å². The van der Waals surface area contributed by atoms with Gasteiger partial charge in [-0.1, -0.05) is 19.3 Å². The molecule has 0 aromatic heterocycles. The largest absolute Gasteiger partial charge is 0.384 e. The molecule has 0 aromatic rings. The summed E-state index contributed by atoms with van der Waals surface area (Å²) in [5, 5.41) is 14.6. The first kappa shape index (κ1) is 13.3. The Morgan fingerprint density at radius 1 is 1.18 bits per heavy atom. The van der Waals surface area contributed by atoms with E-state index in [1.54, 1.807) is 0 Å². The SMILES string of the molecule is CC1NCC([C@@](C)(O)C2CCCCC2)[N+]1(C)C. The molecule has 100 valence electrons. The third-order valence-electron chi connectivity index (χ3n) is 5.51. The monoisotopic (exact) mass is 241 g/mol. The van der Waals surface area contributed by atoms with Crippen molar-refractivity contribution < 1.29 is 9.59 Å². The summed E-state index contributed by atoms with van der Waals surface area (Å²) in [6, 6.07) is 0.320. The van der Waals surface area contributed by atoms with Gasteiger partial charge in [0.2, 0.25) is 0 Å². The van der Waals surface area contributed by atoms with Crippen LogP contribution in [0.1, 0.15) is 46.0 Å². The van der Waals surface area contributed by atoms with E-state index in [1.807, 2.05) is 0 Å². The van der Waals surface area contributed by atoms with Crippen LogP contribution in [0.4, 0.5) is 0 Å². The van der Waals surface area contributed by atoms with Gasteiger partial charge < -0.3 is 9.59 Å². The summed E-state index contributed by atoms with van der Waals surface area (Å²) in [7, 11) is 4.49. The fourth-order valence-corrected chi connectivity index (χ4v) is 3.86. The molecule has 1 heterocycles. The minimum Gasteiger partial charge on any atom is -0.384 e. The molecule has 2 fully saturated rings. The number of hydrogen-bond donors (Lipinski definition) is 2. The van der Waals surface area contributed by atoms with Crippen molar-refractivity contribution in [2.45, 2.75) is 63.8 Å². The van der Waals surface area contributed by atoms with E-state index in [9.17, 15) is 5.11 Å². The lowest BCUT2D eigenvalue weighted by molar-refractivity contribution is -0.931. The van der Waals surface area contributed by atoms with Crippen LogP contribution in [0.5, 0.6) is 0 Å². The number of aliphatic hydroxyl groups is 1. The average molecular weight is 241 g/mol. The number of rotatable bonds is 2. The van der Waals surface area contributed by atoms with E-state index in [2.05, 4.69) is 33.3 Å². The molecule has 0 amide bonds. The van der Waals surface area contributed by atoms with Crippen molar-refractivity contribution >= 4 is 0 Å². The number of hydrogen-bond acceptors (Lipinski definition) is 2. The van der Waals surface area contributed by atoms with E-state index in [1.165, 1.54) is 32.1 Å². The second-order valence-electron chi connectivity index (χ2n) is 6.79. The molecule has 1 saturated heterocycles. The van der Waals surface area contributed by atoms with Crippen LogP contribution >= 0.6 is 0 Å². The van der Waals surface area contributed by atoms with Gasteiger partial charge in [0, 0.05) is 6.92 Å². The highest BCUT2D eigenvalue weighted by Crippen LogP contribution is 2.39. The second-order valence-corrected chi connectivity index (χ2v) is 6.79. The van der Waals surface area contributed by atoms with E-state index in [-0.39, 0.29) is 0 Å². The predicted molar refractivity (Wildman–Crippen MR) is 70.6 cm³/mol. The van der Waals surface area contributed by atoms with E-state index in [0.29, 0.717) is 18.1 Å². The van der Waals surface area contributed by atoms with Crippen molar-refractivity contribution in [3.63, 3.8) is 0 Å². The Morgan fingerprint density at radius 2 is 1.76 bits per heavy atom. The lowest BCUT2D eigenvalue weighted by atomic mass is 9.73. The highest BCUT2D eigenvalue weighted by atomic mass is 16.3. The number of nitrogens with zero attached hydrogens (tertiary/aromatic N) is 1. The second kappa shape index (κ2) is 4.52. The van der Waals surface area contributed by atoms with Gasteiger partial charge >= 0.3 is 0 Å². The first-order valence-corrected chi connectivity index (χ1v) is 7.16.